The van der Waals surface area contributed by atoms with Crippen molar-refractivity contribution < 1.29 is 4.74 Å². The van der Waals surface area contributed by atoms with Crippen LogP contribution in [0.25, 0.3) is 0 Å². The lowest BCUT2D eigenvalue weighted by Gasteiger charge is -2.14. The maximum absolute atomic E-state index is 5.59. The lowest BCUT2D eigenvalue weighted by atomic mass is 10.2. The second-order valence-corrected chi connectivity index (χ2v) is 4.73. The van der Waals surface area contributed by atoms with Gasteiger partial charge in [-0.1, -0.05) is 12.1 Å². The highest BCUT2D eigenvalue weighted by molar-refractivity contribution is 7.99. The Morgan fingerprint density at radius 2 is 2.00 bits per heavy atom. The minimum absolute atomic E-state index is 0.256. The van der Waals surface area contributed by atoms with Gasteiger partial charge in [-0.15, -0.1) is 11.8 Å². The molecule has 0 spiro atoms. The predicted octanol–water partition coefficient (Wildman–Crippen LogP) is 2.51. The summed E-state index contributed by atoms with van der Waals surface area (Å²) in [6.07, 6.45) is 0. The van der Waals surface area contributed by atoms with E-state index in [9.17, 15) is 0 Å². The number of anilines is 1. The summed E-state index contributed by atoms with van der Waals surface area (Å²) in [7, 11) is 4.10. The molecule has 0 amide bonds. The molecule has 1 aliphatic heterocycles. The van der Waals surface area contributed by atoms with Crippen molar-refractivity contribution in [1.82, 2.24) is 0 Å². The average molecular weight is 209 g/mol. The third-order valence-electron chi connectivity index (χ3n) is 2.30. The first kappa shape index (κ1) is 9.87. The number of nitrogens with zero attached hydrogens (tertiary/aromatic N) is 1. The molecular weight excluding hydrogens is 194 g/mol. The minimum atomic E-state index is 0.256. The zero-order valence-corrected chi connectivity index (χ0v) is 9.38. The normalized spacial score (nSPS) is 21.1. The molecule has 0 radical (unpaired) electrons. The molecule has 0 aliphatic carbocycles. The van der Waals surface area contributed by atoms with E-state index >= 15 is 0 Å². The number of ether oxygens (including phenoxy) is 1. The molecule has 0 bridgehead atoms. The molecule has 1 heterocycles. The topological polar surface area (TPSA) is 12.5 Å². The van der Waals surface area contributed by atoms with Gasteiger partial charge in [-0.3, -0.25) is 0 Å². The van der Waals surface area contributed by atoms with Crippen LogP contribution < -0.4 is 4.90 Å². The third-order valence-corrected chi connectivity index (χ3v) is 3.42. The quantitative estimate of drug-likeness (QED) is 0.742. The Hall–Kier alpha value is -0.670. The van der Waals surface area contributed by atoms with Crippen LogP contribution in [0.4, 0.5) is 5.69 Å². The summed E-state index contributed by atoms with van der Waals surface area (Å²) in [5, 5.41) is 0. The van der Waals surface area contributed by atoms with Crippen molar-refractivity contribution in [3.05, 3.63) is 29.8 Å². The Labute approximate surface area is 89.2 Å². The van der Waals surface area contributed by atoms with Crippen LogP contribution in [0.2, 0.25) is 0 Å². The van der Waals surface area contributed by atoms with Crippen LogP contribution in [-0.2, 0) is 4.74 Å². The van der Waals surface area contributed by atoms with Crippen molar-refractivity contribution in [3.8, 4) is 0 Å². The van der Waals surface area contributed by atoms with E-state index in [0.717, 1.165) is 12.4 Å². The van der Waals surface area contributed by atoms with Crippen LogP contribution in [0, 0.1) is 0 Å². The van der Waals surface area contributed by atoms with Gasteiger partial charge in [-0.25, -0.2) is 0 Å². The zero-order valence-electron chi connectivity index (χ0n) is 8.56. The van der Waals surface area contributed by atoms with Gasteiger partial charge in [0.25, 0.3) is 0 Å². The Bertz CT molecular complexity index is 291. The van der Waals surface area contributed by atoms with Gasteiger partial charge < -0.3 is 9.64 Å². The molecule has 76 valence electrons. The number of benzene rings is 1. The lowest BCUT2D eigenvalue weighted by Crippen LogP contribution is -2.08. The maximum Gasteiger partial charge on any atom is 0.128 e. The highest BCUT2D eigenvalue weighted by atomic mass is 32.2. The molecule has 1 aromatic rings. The molecule has 2 rings (SSSR count). The first-order chi connectivity index (χ1) is 6.77. The largest absolute Gasteiger partial charge is 0.378 e. The molecule has 2 nitrogen and oxygen atoms in total. The Kier molecular flexibility index (Phi) is 2.99. The van der Waals surface area contributed by atoms with Crippen molar-refractivity contribution in [2.45, 2.75) is 5.44 Å². The highest BCUT2D eigenvalue weighted by Crippen LogP contribution is 2.35. The van der Waals surface area contributed by atoms with Crippen LogP contribution in [0.15, 0.2) is 24.3 Å². The van der Waals surface area contributed by atoms with E-state index in [1.165, 1.54) is 11.3 Å². The number of hydrogen-bond donors (Lipinski definition) is 0. The van der Waals surface area contributed by atoms with Crippen LogP contribution in [0.5, 0.6) is 0 Å². The van der Waals surface area contributed by atoms with Gasteiger partial charge in [0.05, 0.1) is 6.61 Å². The molecule has 1 aliphatic rings. The van der Waals surface area contributed by atoms with E-state index in [2.05, 4.69) is 43.3 Å². The van der Waals surface area contributed by atoms with Crippen molar-refractivity contribution >= 4 is 17.4 Å². The first-order valence-corrected chi connectivity index (χ1v) is 5.83. The highest BCUT2D eigenvalue weighted by Gasteiger charge is 2.17. The molecule has 14 heavy (non-hydrogen) atoms. The second kappa shape index (κ2) is 4.24. The SMILES string of the molecule is CN(C)c1ccc(C2OCCS2)cc1. The summed E-state index contributed by atoms with van der Waals surface area (Å²) in [5.74, 6) is 1.11. The van der Waals surface area contributed by atoms with Crippen molar-refractivity contribution in [3.63, 3.8) is 0 Å². The second-order valence-electron chi connectivity index (χ2n) is 3.56. The molecule has 3 heteroatoms. The molecule has 1 fully saturated rings. The lowest BCUT2D eigenvalue weighted by molar-refractivity contribution is 0.145. The average Bonchev–Trinajstić information content (AvgIpc) is 2.71. The summed E-state index contributed by atoms with van der Waals surface area (Å²) >= 11 is 1.87. The van der Waals surface area contributed by atoms with E-state index < -0.39 is 0 Å². The molecule has 1 unspecified atom stereocenters. The fourth-order valence-electron chi connectivity index (χ4n) is 1.48. The van der Waals surface area contributed by atoms with Gasteiger partial charge in [0, 0.05) is 25.5 Å². The number of hydrogen-bond acceptors (Lipinski definition) is 3. The Morgan fingerprint density at radius 1 is 1.29 bits per heavy atom. The molecule has 0 aromatic heterocycles. The van der Waals surface area contributed by atoms with Crippen LogP contribution >= 0.6 is 11.8 Å². The molecular formula is C11H15NOS. The summed E-state index contributed by atoms with van der Waals surface area (Å²) in [4.78, 5) is 2.10. The van der Waals surface area contributed by atoms with Gasteiger partial charge in [0.15, 0.2) is 0 Å². The fourth-order valence-corrected chi connectivity index (χ4v) is 2.43. The predicted molar refractivity (Wildman–Crippen MR) is 61.9 cm³/mol. The maximum atomic E-state index is 5.59. The van der Waals surface area contributed by atoms with E-state index in [4.69, 9.17) is 4.74 Å². The number of rotatable bonds is 2. The van der Waals surface area contributed by atoms with E-state index in [1.54, 1.807) is 0 Å². The summed E-state index contributed by atoms with van der Waals surface area (Å²) in [6.45, 7) is 0.880. The van der Waals surface area contributed by atoms with Gasteiger partial charge in [0.1, 0.15) is 5.44 Å². The van der Waals surface area contributed by atoms with Crippen LogP contribution in [0.3, 0.4) is 0 Å². The standard InChI is InChI=1S/C11H15NOS/c1-12(2)10-5-3-9(4-6-10)11-13-7-8-14-11/h3-6,11H,7-8H2,1-2H3. The third kappa shape index (κ3) is 2.04. The molecule has 0 saturated carbocycles. The minimum Gasteiger partial charge on any atom is -0.378 e. The van der Waals surface area contributed by atoms with Crippen LogP contribution in [-0.4, -0.2) is 26.5 Å². The molecule has 1 aromatic carbocycles. The Balaban J connectivity index is 2.12. The zero-order chi connectivity index (χ0) is 9.97. The number of thioether (sulfide) groups is 1. The van der Waals surface area contributed by atoms with E-state index in [-0.39, 0.29) is 5.44 Å². The summed E-state index contributed by atoms with van der Waals surface area (Å²) in [5.41, 5.74) is 2.76. The van der Waals surface area contributed by atoms with Crippen LogP contribution in [0.1, 0.15) is 11.0 Å². The molecule has 0 N–H and O–H groups in total. The molecule has 1 saturated heterocycles. The van der Waals surface area contributed by atoms with Crippen molar-refractivity contribution in [2.75, 3.05) is 31.4 Å². The summed E-state index contributed by atoms with van der Waals surface area (Å²) < 4.78 is 5.59. The smallest absolute Gasteiger partial charge is 0.128 e. The Morgan fingerprint density at radius 3 is 2.50 bits per heavy atom. The monoisotopic (exact) mass is 209 g/mol. The van der Waals surface area contributed by atoms with E-state index in [1.807, 2.05) is 11.8 Å². The van der Waals surface area contributed by atoms with E-state index in [0.29, 0.717) is 0 Å². The van der Waals surface area contributed by atoms with Crippen molar-refractivity contribution in [2.24, 2.45) is 0 Å². The van der Waals surface area contributed by atoms with Gasteiger partial charge in [-0.05, 0) is 17.7 Å². The molecule has 1 atom stereocenters. The van der Waals surface area contributed by atoms with Crippen molar-refractivity contribution in [1.29, 1.82) is 0 Å². The fraction of sp³-hybridized carbons (Fsp3) is 0.455. The van der Waals surface area contributed by atoms with Gasteiger partial charge >= 0.3 is 0 Å². The first-order valence-electron chi connectivity index (χ1n) is 4.78. The summed E-state index contributed by atoms with van der Waals surface area (Å²) in [6, 6.07) is 8.58. The van der Waals surface area contributed by atoms with Gasteiger partial charge in [0.2, 0.25) is 0 Å². The van der Waals surface area contributed by atoms with Gasteiger partial charge in [-0.2, -0.15) is 0 Å².